The van der Waals surface area contributed by atoms with E-state index in [1.165, 1.54) is 6.42 Å². The zero-order chi connectivity index (χ0) is 16.2. The Hall–Kier alpha value is -0.960. The lowest BCUT2D eigenvalue weighted by atomic mass is 9.96. The zero-order valence-corrected chi connectivity index (χ0v) is 14.3. The van der Waals surface area contributed by atoms with Crippen LogP contribution in [0.2, 0.25) is 0 Å². The van der Waals surface area contributed by atoms with Crippen LogP contribution in [0.3, 0.4) is 0 Å². The molecule has 6 nitrogen and oxygen atoms in total. The van der Waals surface area contributed by atoms with E-state index in [2.05, 4.69) is 10.0 Å². The zero-order valence-electron chi connectivity index (χ0n) is 12.7. The van der Waals surface area contributed by atoms with E-state index in [1.807, 2.05) is 0 Å². The molecule has 126 valence electrons. The monoisotopic (exact) mass is 356 g/mol. The molecule has 1 aromatic heterocycles. The van der Waals surface area contributed by atoms with E-state index in [9.17, 15) is 18.3 Å². The van der Waals surface area contributed by atoms with Gasteiger partial charge in [-0.1, -0.05) is 6.42 Å². The summed E-state index contributed by atoms with van der Waals surface area (Å²) in [5, 5.41) is 12.7. The number of hydrogen-bond donors (Lipinski definition) is 3. The van der Waals surface area contributed by atoms with Crippen LogP contribution in [-0.2, 0) is 23.0 Å². The van der Waals surface area contributed by atoms with E-state index < -0.39 is 16.0 Å². The van der Waals surface area contributed by atoms with Gasteiger partial charge in [-0.25, -0.2) is 17.9 Å². The van der Waals surface area contributed by atoms with Crippen molar-refractivity contribution in [1.29, 1.82) is 0 Å². The Labute approximate surface area is 139 Å². The second-order valence-corrected chi connectivity index (χ2v) is 9.82. The van der Waals surface area contributed by atoms with Gasteiger partial charge in [-0.3, -0.25) is 0 Å². The summed E-state index contributed by atoms with van der Waals surface area (Å²) in [6.45, 7) is 1.23. The third-order valence-corrected chi connectivity index (χ3v) is 8.64. The second kappa shape index (κ2) is 5.54. The molecule has 0 amide bonds. The Morgan fingerprint density at radius 2 is 2.13 bits per heavy atom. The molecule has 2 saturated carbocycles. The predicted molar refractivity (Wildman–Crippen MR) is 86.2 cm³/mol. The molecule has 8 heteroatoms. The van der Waals surface area contributed by atoms with Gasteiger partial charge in [-0.15, -0.1) is 11.3 Å². The highest BCUT2D eigenvalue weighted by Crippen LogP contribution is 2.45. The highest BCUT2D eigenvalue weighted by molar-refractivity contribution is 7.91. The van der Waals surface area contributed by atoms with Crippen LogP contribution in [-0.4, -0.2) is 32.1 Å². The Kier molecular flexibility index (Phi) is 3.75. The number of thiophene rings is 1. The lowest BCUT2D eigenvalue weighted by Gasteiger charge is -2.22. The fourth-order valence-electron chi connectivity index (χ4n) is 4.36. The SMILES string of the molecule is O=C(O)c1c(S(=O)(=O)N[C@@H]2C[C@H]3CC[C@@H]2C3)sc2c1CCNC2. The van der Waals surface area contributed by atoms with Gasteiger partial charge in [0.25, 0.3) is 10.0 Å². The van der Waals surface area contributed by atoms with Gasteiger partial charge in [-0.05, 0) is 49.6 Å². The van der Waals surface area contributed by atoms with Crippen molar-refractivity contribution in [2.75, 3.05) is 6.54 Å². The molecule has 3 aliphatic rings. The molecule has 1 aromatic rings. The number of carboxylic acids is 1. The Balaban J connectivity index is 1.68. The van der Waals surface area contributed by atoms with Crippen LogP contribution in [0.1, 0.15) is 46.5 Å². The molecule has 0 spiro atoms. The van der Waals surface area contributed by atoms with Crippen LogP contribution in [0.5, 0.6) is 0 Å². The summed E-state index contributed by atoms with van der Waals surface area (Å²) >= 11 is 1.11. The summed E-state index contributed by atoms with van der Waals surface area (Å²) in [5.41, 5.74) is 0.678. The summed E-state index contributed by atoms with van der Waals surface area (Å²) in [6, 6.07) is -0.0300. The van der Waals surface area contributed by atoms with Crippen LogP contribution in [0.25, 0.3) is 0 Å². The summed E-state index contributed by atoms with van der Waals surface area (Å²) in [6.07, 6.45) is 4.83. The van der Waals surface area contributed by atoms with Crippen molar-refractivity contribution in [3.05, 3.63) is 16.0 Å². The number of nitrogens with one attached hydrogen (secondary N) is 2. The summed E-state index contributed by atoms with van der Waals surface area (Å²) in [7, 11) is -3.78. The minimum Gasteiger partial charge on any atom is -0.478 e. The van der Waals surface area contributed by atoms with Crippen molar-refractivity contribution in [2.45, 2.75) is 48.9 Å². The molecule has 2 heterocycles. The van der Waals surface area contributed by atoms with Crippen molar-refractivity contribution < 1.29 is 18.3 Å². The standard InChI is InChI=1S/C15H20N2O4S2/c18-14(19)13-10-3-4-16-7-12(10)22-15(13)23(20,21)17-11-6-8-1-2-9(11)5-8/h8-9,11,16-17H,1-7H2,(H,18,19)/t8-,9+,11+/m0/s1. The summed E-state index contributed by atoms with van der Waals surface area (Å²) < 4.78 is 28.4. The maximum absolute atomic E-state index is 12.8. The highest BCUT2D eigenvalue weighted by Gasteiger charge is 2.42. The van der Waals surface area contributed by atoms with Crippen LogP contribution in [0.4, 0.5) is 0 Å². The maximum atomic E-state index is 12.8. The molecule has 4 rings (SSSR count). The topological polar surface area (TPSA) is 95.5 Å². The average molecular weight is 356 g/mol. The number of hydrogen-bond acceptors (Lipinski definition) is 5. The van der Waals surface area contributed by atoms with Crippen LogP contribution in [0.15, 0.2) is 4.21 Å². The highest BCUT2D eigenvalue weighted by atomic mass is 32.2. The van der Waals surface area contributed by atoms with E-state index in [4.69, 9.17) is 0 Å². The minimum atomic E-state index is -3.78. The Morgan fingerprint density at radius 3 is 2.78 bits per heavy atom. The number of aromatic carboxylic acids is 1. The molecular formula is C15H20N2O4S2. The van der Waals surface area contributed by atoms with E-state index in [1.54, 1.807) is 0 Å². The van der Waals surface area contributed by atoms with E-state index >= 15 is 0 Å². The molecule has 0 saturated heterocycles. The smallest absolute Gasteiger partial charge is 0.338 e. The molecule has 1 aliphatic heterocycles. The fraction of sp³-hybridized carbons (Fsp3) is 0.667. The molecule has 0 aromatic carbocycles. The van der Waals surface area contributed by atoms with Crippen molar-refractivity contribution in [1.82, 2.24) is 10.0 Å². The molecule has 23 heavy (non-hydrogen) atoms. The maximum Gasteiger partial charge on any atom is 0.338 e. The first kappa shape index (κ1) is 15.6. The predicted octanol–water partition coefficient (Wildman–Crippen LogP) is 1.56. The summed E-state index contributed by atoms with van der Waals surface area (Å²) in [5.74, 6) is -0.0931. The van der Waals surface area contributed by atoms with Gasteiger partial charge >= 0.3 is 5.97 Å². The first-order chi connectivity index (χ1) is 11.0. The van der Waals surface area contributed by atoms with Gasteiger partial charge in [0, 0.05) is 17.5 Å². The van der Waals surface area contributed by atoms with Gasteiger partial charge in [-0.2, -0.15) is 0 Å². The molecule has 0 unspecified atom stereocenters. The molecule has 2 bridgehead atoms. The van der Waals surface area contributed by atoms with Gasteiger partial charge in [0.2, 0.25) is 0 Å². The third-order valence-electron chi connectivity index (χ3n) is 5.40. The summed E-state index contributed by atoms with van der Waals surface area (Å²) in [4.78, 5) is 12.5. The molecule has 2 aliphatic carbocycles. The third kappa shape index (κ3) is 2.61. The van der Waals surface area contributed by atoms with Gasteiger partial charge in [0.05, 0.1) is 5.56 Å². The molecule has 3 N–H and O–H groups in total. The first-order valence-electron chi connectivity index (χ1n) is 8.06. The van der Waals surface area contributed by atoms with E-state index in [-0.39, 0.29) is 15.8 Å². The average Bonchev–Trinajstić information content (AvgIpc) is 3.19. The van der Waals surface area contributed by atoms with E-state index in [0.717, 1.165) is 35.5 Å². The van der Waals surface area contributed by atoms with Crippen LogP contribution >= 0.6 is 11.3 Å². The van der Waals surface area contributed by atoms with Gasteiger partial charge in [0.1, 0.15) is 4.21 Å². The Morgan fingerprint density at radius 1 is 1.30 bits per heavy atom. The molecule has 2 fully saturated rings. The van der Waals surface area contributed by atoms with E-state index in [0.29, 0.717) is 36.9 Å². The molecule has 3 atom stereocenters. The van der Waals surface area contributed by atoms with Gasteiger partial charge < -0.3 is 10.4 Å². The number of fused-ring (bicyclic) bond motifs is 3. The van der Waals surface area contributed by atoms with Crippen molar-refractivity contribution in [3.63, 3.8) is 0 Å². The quantitative estimate of drug-likeness (QED) is 0.761. The van der Waals surface area contributed by atoms with Crippen LogP contribution in [0, 0.1) is 11.8 Å². The molecular weight excluding hydrogens is 336 g/mol. The fourth-order valence-corrected chi connectivity index (χ4v) is 7.55. The largest absolute Gasteiger partial charge is 0.478 e. The lowest BCUT2D eigenvalue weighted by Crippen LogP contribution is -2.38. The second-order valence-electron chi connectivity index (χ2n) is 6.80. The number of sulfonamides is 1. The van der Waals surface area contributed by atoms with Gasteiger partial charge in [0.15, 0.2) is 0 Å². The number of carboxylic acid groups (broad SMARTS) is 1. The number of carbonyl (C=O) groups is 1. The number of rotatable bonds is 4. The van der Waals surface area contributed by atoms with Crippen molar-refractivity contribution >= 4 is 27.3 Å². The van der Waals surface area contributed by atoms with Crippen molar-refractivity contribution in [3.8, 4) is 0 Å². The lowest BCUT2D eigenvalue weighted by molar-refractivity contribution is 0.0692. The van der Waals surface area contributed by atoms with Crippen LogP contribution < -0.4 is 10.0 Å². The molecule has 0 radical (unpaired) electrons. The normalized spacial score (nSPS) is 29.7. The van der Waals surface area contributed by atoms with Crippen molar-refractivity contribution in [2.24, 2.45) is 11.8 Å². The first-order valence-corrected chi connectivity index (χ1v) is 10.4. The Bertz CT molecular complexity index is 756. The minimum absolute atomic E-state index is 0.0119.